The third-order valence-corrected chi connectivity index (χ3v) is 3.66. The molecule has 1 aromatic carbocycles. The molecule has 1 aliphatic rings. The Hall–Kier alpha value is -1.17. The van der Waals surface area contributed by atoms with E-state index in [9.17, 15) is 4.39 Å². The van der Waals surface area contributed by atoms with E-state index in [0.717, 1.165) is 43.9 Å². The zero-order chi connectivity index (χ0) is 14.4. The van der Waals surface area contributed by atoms with Gasteiger partial charge < -0.3 is 19.7 Å². The molecule has 4 nitrogen and oxygen atoms in total. The molecule has 1 aromatic rings. The topological polar surface area (TPSA) is 33.7 Å². The molecule has 1 N–H and O–H groups in total. The summed E-state index contributed by atoms with van der Waals surface area (Å²) in [5, 5.41) is 3.32. The summed E-state index contributed by atoms with van der Waals surface area (Å²) in [7, 11) is 3.18. The quantitative estimate of drug-likeness (QED) is 0.856. The van der Waals surface area contributed by atoms with Crippen molar-refractivity contribution in [1.29, 1.82) is 0 Å². The van der Waals surface area contributed by atoms with Crippen LogP contribution in [-0.2, 0) is 17.8 Å². The SMILES string of the molecule is COCc1cc(CCN2CCNCC2)c(F)cc1OC. The number of ether oxygens (including phenoxy) is 2. The van der Waals surface area contributed by atoms with Gasteiger partial charge in [0.25, 0.3) is 0 Å². The number of piperazine rings is 1. The number of nitrogens with one attached hydrogen (secondary N) is 1. The molecule has 0 unspecified atom stereocenters. The van der Waals surface area contributed by atoms with E-state index in [1.807, 2.05) is 6.07 Å². The Morgan fingerprint density at radius 2 is 1.95 bits per heavy atom. The number of halogens is 1. The molecule has 1 heterocycles. The summed E-state index contributed by atoms with van der Waals surface area (Å²) in [6.07, 6.45) is 0.715. The lowest BCUT2D eigenvalue weighted by atomic mass is 10.1. The molecule has 1 fully saturated rings. The minimum Gasteiger partial charge on any atom is -0.496 e. The molecular weight excluding hydrogens is 259 g/mol. The van der Waals surface area contributed by atoms with E-state index in [1.54, 1.807) is 14.2 Å². The molecule has 20 heavy (non-hydrogen) atoms. The van der Waals surface area contributed by atoms with Crippen LogP contribution in [0.3, 0.4) is 0 Å². The van der Waals surface area contributed by atoms with Crippen LogP contribution >= 0.6 is 0 Å². The maximum atomic E-state index is 14.1. The van der Waals surface area contributed by atoms with E-state index in [4.69, 9.17) is 9.47 Å². The molecule has 1 aliphatic heterocycles. The van der Waals surface area contributed by atoms with Gasteiger partial charge in [0.05, 0.1) is 13.7 Å². The molecule has 1 saturated heterocycles. The lowest BCUT2D eigenvalue weighted by molar-refractivity contribution is 0.181. The van der Waals surface area contributed by atoms with Gasteiger partial charge in [0.15, 0.2) is 0 Å². The molecule has 0 radical (unpaired) electrons. The Morgan fingerprint density at radius 3 is 2.60 bits per heavy atom. The molecule has 5 heteroatoms. The van der Waals surface area contributed by atoms with Crippen molar-refractivity contribution >= 4 is 0 Å². The summed E-state index contributed by atoms with van der Waals surface area (Å²) in [5.74, 6) is 0.354. The van der Waals surface area contributed by atoms with Crippen LogP contribution in [0.4, 0.5) is 4.39 Å². The third kappa shape index (κ3) is 3.91. The molecule has 0 atom stereocenters. The van der Waals surface area contributed by atoms with Crippen LogP contribution in [-0.4, -0.2) is 51.8 Å². The highest BCUT2D eigenvalue weighted by atomic mass is 19.1. The van der Waals surface area contributed by atoms with Crippen molar-refractivity contribution in [2.24, 2.45) is 0 Å². The number of nitrogens with zero attached hydrogens (tertiary/aromatic N) is 1. The van der Waals surface area contributed by atoms with E-state index in [2.05, 4.69) is 10.2 Å². The first-order valence-corrected chi connectivity index (χ1v) is 7.02. The lowest BCUT2D eigenvalue weighted by Gasteiger charge is -2.27. The van der Waals surface area contributed by atoms with Crippen molar-refractivity contribution < 1.29 is 13.9 Å². The highest BCUT2D eigenvalue weighted by molar-refractivity contribution is 5.38. The molecule has 0 aliphatic carbocycles. The second-order valence-corrected chi connectivity index (χ2v) is 5.03. The smallest absolute Gasteiger partial charge is 0.130 e. The van der Waals surface area contributed by atoms with Gasteiger partial charge in [0.2, 0.25) is 0 Å². The van der Waals surface area contributed by atoms with Crippen LogP contribution in [0.15, 0.2) is 12.1 Å². The lowest BCUT2D eigenvalue weighted by Crippen LogP contribution is -2.44. The molecule has 0 aromatic heterocycles. The molecule has 0 saturated carbocycles. The number of hydrogen-bond acceptors (Lipinski definition) is 4. The summed E-state index contributed by atoms with van der Waals surface area (Å²) in [4.78, 5) is 2.36. The first-order valence-electron chi connectivity index (χ1n) is 7.02. The van der Waals surface area contributed by atoms with Gasteiger partial charge in [0, 0.05) is 51.5 Å². The second kappa shape index (κ2) is 7.57. The van der Waals surface area contributed by atoms with E-state index in [0.29, 0.717) is 18.8 Å². The summed E-state index contributed by atoms with van der Waals surface area (Å²) in [6.45, 7) is 5.41. The Balaban J connectivity index is 2.04. The Labute approximate surface area is 119 Å². The summed E-state index contributed by atoms with van der Waals surface area (Å²) >= 11 is 0. The first kappa shape index (κ1) is 15.2. The minimum absolute atomic E-state index is 0.197. The van der Waals surface area contributed by atoms with Gasteiger partial charge in [-0.3, -0.25) is 0 Å². The third-order valence-electron chi connectivity index (χ3n) is 3.66. The largest absolute Gasteiger partial charge is 0.496 e. The molecule has 112 valence electrons. The van der Waals surface area contributed by atoms with Crippen LogP contribution < -0.4 is 10.1 Å². The number of hydrogen-bond donors (Lipinski definition) is 1. The monoisotopic (exact) mass is 282 g/mol. The Kier molecular flexibility index (Phi) is 5.76. The van der Waals surface area contributed by atoms with Crippen molar-refractivity contribution in [3.8, 4) is 5.75 Å². The average Bonchev–Trinajstić information content (AvgIpc) is 2.48. The van der Waals surface area contributed by atoms with Gasteiger partial charge in [-0.15, -0.1) is 0 Å². The number of benzene rings is 1. The zero-order valence-electron chi connectivity index (χ0n) is 12.2. The molecule has 0 amide bonds. The maximum Gasteiger partial charge on any atom is 0.130 e. The van der Waals surface area contributed by atoms with E-state index in [-0.39, 0.29) is 5.82 Å². The van der Waals surface area contributed by atoms with Gasteiger partial charge in [-0.05, 0) is 18.1 Å². The van der Waals surface area contributed by atoms with Gasteiger partial charge in [-0.25, -0.2) is 4.39 Å². The van der Waals surface area contributed by atoms with Gasteiger partial charge in [0.1, 0.15) is 11.6 Å². The number of rotatable bonds is 6. The van der Waals surface area contributed by atoms with Gasteiger partial charge in [-0.2, -0.15) is 0 Å². The molecular formula is C15H23FN2O2. The predicted molar refractivity (Wildman–Crippen MR) is 76.7 cm³/mol. The van der Waals surface area contributed by atoms with Crippen molar-refractivity contribution in [2.45, 2.75) is 13.0 Å². The van der Waals surface area contributed by atoms with E-state index in [1.165, 1.54) is 6.07 Å². The maximum absolute atomic E-state index is 14.1. The van der Waals surface area contributed by atoms with Crippen LogP contribution in [0.1, 0.15) is 11.1 Å². The van der Waals surface area contributed by atoms with E-state index < -0.39 is 0 Å². The highest BCUT2D eigenvalue weighted by Gasteiger charge is 2.13. The summed E-state index contributed by atoms with van der Waals surface area (Å²) < 4.78 is 24.4. The minimum atomic E-state index is -0.197. The summed E-state index contributed by atoms with van der Waals surface area (Å²) in [5.41, 5.74) is 1.63. The first-order chi connectivity index (χ1) is 9.74. The van der Waals surface area contributed by atoms with Gasteiger partial charge in [-0.1, -0.05) is 0 Å². The van der Waals surface area contributed by atoms with Crippen molar-refractivity contribution in [3.63, 3.8) is 0 Å². The fraction of sp³-hybridized carbons (Fsp3) is 0.600. The molecule has 0 spiro atoms. The summed E-state index contributed by atoms with van der Waals surface area (Å²) in [6, 6.07) is 3.32. The van der Waals surface area contributed by atoms with E-state index >= 15 is 0 Å². The van der Waals surface area contributed by atoms with Gasteiger partial charge >= 0.3 is 0 Å². The van der Waals surface area contributed by atoms with Crippen LogP contribution in [0, 0.1) is 5.82 Å². The molecule has 0 bridgehead atoms. The zero-order valence-corrected chi connectivity index (χ0v) is 12.2. The fourth-order valence-corrected chi connectivity index (χ4v) is 2.51. The van der Waals surface area contributed by atoms with Crippen LogP contribution in [0.5, 0.6) is 5.75 Å². The average molecular weight is 282 g/mol. The van der Waals surface area contributed by atoms with Crippen LogP contribution in [0.2, 0.25) is 0 Å². The normalized spacial score (nSPS) is 16.4. The second-order valence-electron chi connectivity index (χ2n) is 5.03. The predicted octanol–water partition coefficient (Wildman–Crippen LogP) is 1.43. The Morgan fingerprint density at radius 1 is 1.20 bits per heavy atom. The number of methoxy groups -OCH3 is 2. The molecule has 2 rings (SSSR count). The van der Waals surface area contributed by atoms with Crippen molar-refractivity contribution in [2.75, 3.05) is 46.9 Å². The van der Waals surface area contributed by atoms with Crippen LogP contribution in [0.25, 0.3) is 0 Å². The van der Waals surface area contributed by atoms with Crippen molar-refractivity contribution in [1.82, 2.24) is 10.2 Å². The standard InChI is InChI=1S/C15H23FN2O2/c1-19-11-13-9-12(14(16)10-15(13)20-2)3-6-18-7-4-17-5-8-18/h9-10,17H,3-8,11H2,1-2H3. The van der Waals surface area contributed by atoms with Crippen molar-refractivity contribution in [3.05, 3.63) is 29.1 Å². The Bertz CT molecular complexity index is 434. The highest BCUT2D eigenvalue weighted by Crippen LogP contribution is 2.24. The fourth-order valence-electron chi connectivity index (χ4n) is 2.51.